The van der Waals surface area contributed by atoms with Gasteiger partial charge in [0.1, 0.15) is 30.5 Å². The van der Waals surface area contributed by atoms with Crippen LogP contribution in [0.2, 0.25) is 0 Å². The van der Waals surface area contributed by atoms with Crippen LogP contribution in [0.1, 0.15) is 85.0 Å². The molecule has 2 heterocycles. The van der Waals surface area contributed by atoms with Crippen molar-refractivity contribution in [2.24, 2.45) is 33.5 Å². The summed E-state index contributed by atoms with van der Waals surface area (Å²) in [5.74, 6) is -3.20. The van der Waals surface area contributed by atoms with E-state index in [1.165, 1.54) is 32.3 Å². The number of ether oxygens (including phenoxy) is 4. The summed E-state index contributed by atoms with van der Waals surface area (Å²) >= 11 is 0. The number of carbonyl (C=O) groups excluding carboxylic acids is 4. The van der Waals surface area contributed by atoms with Crippen molar-refractivity contribution in [3.05, 3.63) is 77.8 Å². The molecule has 0 unspecified atom stereocenters. The summed E-state index contributed by atoms with van der Waals surface area (Å²) in [7, 11) is 0. The summed E-state index contributed by atoms with van der Waals surface area (Å²) in [6.07, 6.45) is 4.38. The van der Waals surface area contributed by atoms with Crippen molar-refractivity contribution in [1.29, 1.82) is 0 Å². The zero-order valence-corrected chi connectivity index (χ0v) is 29.1. The molecule has 2 aromatic rings. The fourth-order valence-electron chi connectivity index (χ4n) is 10.4. The Morgan fingerprint density at radius 1 is 0.939 bits per heavy atom. The molecule has 0 radical (unpaired) electrons. The highest BCUT2D eigenvalue weighted by Crippen LogP contribution is 2.73. The van der Waals surface area contributed by atoms with Crippen LogP contribution < -0.4 is 0 Å². The van der Waals surface area contributed by atoms with Gasteiger partial charge in [-0.2, -0.15) is 0 Å². The second-order valence-electron chi connectivity index (χ2n) is 15.4. The van der Waals surface area contributed by atoms with Crippen LogP contribution in [0.3, 0.4) is 0 Å². The molecule has 6 rings (SSSR count). The van der Waals surface area contributed by atoms with E-state index in [-0.39, 0.29) is 12.3 Å². The molecule has 0 bridgehead atoms. The average molecular weight is 675 g/mol. The van der Waals surface area contributed by atoms with Gasteiger partial charge in [0.05, 0.1) is 12.5 Å². The van der Waals surface area contributed by atoms with Gasteiger partial charge in [-0.25, -0.2) is 9.59 Å². The Morgan fingerprint density at radius 3 is 2.27 bits per heavy atom. The molecule has 4 aliphatic rings. The summed E-state index contributed by atoms with van der Waals surface area (Å²) in [5.41, 5.74) is -1.42. The molecule has 3 saturated carbocycles. The molecular weight excluding hydrogens is 628 g/mol. The second kappa shape index (κ2) is 12.3. The van der Waals surface area contributed by atoms with Crippen LogP contribution in [-0.4, -0.2) is 53.4 Å². The Hall–Kier alpha value is -4.18. The number of furan rings is 1. The molecule has 49 heavy (non-hydrogen) atoms. The largest absolute Gasteiger partial charge is 0.472 e. The number of esters is 4. The number of aliphatic hydroxyl groups excluding tert-OH is 1. The maximum Gasteiger partial charge on any atom is 0.331 e. The Balaban J connectivity index is 1.51. The maximum atomic E-state index is 13.6. The number of cyclic esters (lactones) is 1. The molecule has 10 nitrogen and oxygen atoms in total. The Bertz CT molecular complexity index is 1670. The SMILES string of the molecule is CC(=O)O[C@H]1[C@@H](O)[C@@]2(C)C3=CC(=O)O[C@H](c4ccoc4)[C@@]3(C)CC[C@@H]2[C@@]2(C)[C@@H](OC(=O)C=Cc3ccccc3)C[C@H](OC(C)=O)C(C)(C)[C@H]12. The first-order valence-corrected chi connectivity index (χ1v) is 17.0. The van der Waals surface area contributed by atoms with Crippen LogP contribution in [0, 0.1) is 33.5 Å². The first kappa shape index (κ1) is 34.7. The lowest BCUT2D eigenvalue weighted by Crippen LogP contribution is -2.75. The van der Waals surface area contributed by atoms with E-state index in [1.54, 1.807) is 18.4 Å². The van der Waals surface area contributed by atoms with Crippen LogP contribution >= 0.6 is 0 Å². The van der Waals surface area contributed by atoms with Gasteiger partial charge in [0.2, 0.25) is 0 Å². The van der Waals surface area contributed by atoms with Gasteiger partial charge in [-0.3, -0.25) is 9.59 Å². The molecule has 0 saturated heterocycles. The van der Waals surface area contributed by atoms with Gasteiger partial charge in [0.25, 0.3) is 0 Å². The Labute approximate surface area is 286 Å². The Morgan fingerprint density at radius 2 is 1.63 bits per heavy atom. The summed E-state index contributed by atoms with van der Waals surface area (Å²) in [6, 6.07) is 11.1. The molecule has 1 aromatic carbocycles. The lowest BCUT2D eigenvalue weighted by atomic mass is 9.35. The van der Waals surface area contributed by atoms with Crippen LogP contribution in [0.4, 0.5) is 0 Å². The van der Waals surface area contributed by atoms with Crippen molar-refractivity contribution >= 4 is 30.0 Å². The van der Waals surface area contributed by atoms with E-state index in [0.29, 0.717) is 24.0 Å². The second-order valence-corrected chi connectivity index (χ2v) is 15.4. The van der Waals surface area contributed by atoms with Gasteiger partial charge in [-0.1, -0.05) is 65.0 Å². The highest BCUT2D eigenvalue weighted by Gasteiger charge is 2.75. The first-order chi connectivity index (χ1) is 23.0. The summed E-state index contributed by atoms with van der Waals surface area (Å²) in [4.78, 5) is 52.2. The molecule has 3 aliphatic carbocycles. The zero-order valence-electron chi connectivity index (χ0n) is 29.1. The van der Waals surface area contributed by atoms with Crippen molar-refractivity contribution in [2.45, 2.75) is 98.2 Å². The third-order valence-corrected chi connectivity index (χ3v) is 12.3. The van der Waals surface area contributed by atoms with Gasteiger partial charge in [-0.15, -0.1) is 0 Å². The van der Waals surface area contributed by atoms with E-state index in [2.05, 4.69) is 0 Å². The quantitative estimate of drug-likeness (QED) is 0.216. The predicted octanol–water partition coefficient (Wildman–Crippen LogP) is 6.14. The van der Waals surface area contributed by atoms with E-state index in [4.69, 9.17) is 23.4 Å². The highest BCUT2D eigenvalue weighted by molar-refractivity contribution is 5.87. The number of fused-ring (bicyclic) bond motifs is 5. The number of hydrogen-bond acceptors (Lipinski definition) is 10. The lowest BCUT2D eigenvalue weighted by molar-refractivity contribution is -0.297. The minimum atomic E-state index is -1.27. The van der Waals surface area contributed by atoms with E-state index in [0.717, 1.165) is 5.56 Å². The van der Waals surface area contributed by atoms with Gasteiger partial charge in [-0.05, 0) is 42.0 Å². The van der Waals surface area contributed by atoms with Crippen molar-refractivity contribution in [3.8, 4) is 0 Å². The molecular formula is C39H46O10. The van der Waals surface area contributed by atoms with Crippen LogP contribution in [0.25, 0.3) is 6.08 Å². The molecule has 1 aliphatic heterocycles. The van der Waals surface area contributed by atoms with Crippen molar-refractivity contribution in [2.75, 3.05) is 0 Å². The molecule has 0 amide bonds. The van der Waals surface area contributed by atoms with E-state index >= 15 is 0 Å². The molecule has 1 N–H and O–H groups in total. The third-order valence-electron chi connectivity index (χ3n) is 12.3. The fourth-order valence-corrected chi connectivity index (χ4v) is 10.4. The predicted molar refractivity (Wildman–Crippen MR) is 177 cm³/mol. The van der Waals surface area contributed by atoms with Crippen molar-refractivity contribution in [1.82, 2.24) is 0 Å². The highest BCUT2D eigenvalue weighted by atomic mass is 16.6. The minimum Gasteiger partial charge on any atom is -0.472 e. The minimum absolute atomic E-state index is 0.190. The van der Waals surface area contributed by atoms with Gasteiger partial charge in [0, 0.05) is 65.6 Å². The summed E-state index contributed by atoms with van der Waals surface area (Å²) in [6.45, 7) is 12.5. The Kier molecular flexibility index (Phi) is 8.70. The van der Waals surface area contributed by atoms with Crippen LogP contribution in [0.15, 0.2) is 71.1 Å². The van der Waals surface area contributed by atoms with Crippen molar-refractivity contribution in [3.63, 3.8) is 0 Å². The molecule has 1 aromatic heterocycles. The third kappa shape index (κ3) is 5.52. The maximum absolute atomic E-state index is 13.6. The lowest BCUT2D eigenvalue weighted by Gasteiger charge is -2.71. The number of benzene rings is 1. The fraction of sp³-hybridized carbons (Fsp3) is 0.538. The first-order valence-electron chi connectivity index (χ1n) is 17.0. The molecule has 10 atom stereocenters. The van der Waals surface area contributed by atoms with Gasteiger partial charge in [0.15, 0.2) is 0 Å². The molecule has 10 heteroatoms. The van der Waals surface area contributed by atoms with Crippen LogP contribution in [0.5, 0.6) is 0 Å². The monoisotopic (exact) mass is 674 g/mol. The summed E-state index contributed by atoms with van der Waals surface area (Å²) < 4.78 is 29.7. The van der Waals surface area contributed by atoms with Gasteiger partial charge >= 0.3 is 23.9 Å². The van der Waals surface area contributed by atoms with E-state index in [1.807, 2.05) is 65.0 Å². The smallest absolute Gasteiger partial charge is 0.331 e. The van der Waals surface area contributed by atoms with Crippen molar-refractivity contribution < 1.29 is 47.6 Å². The van der Waals surface area contributed by atoms with E-state index < -0.39 is 82.0 Å². The van der Waals surface area contributed by atoms with Gasteiger partial charge < -0.3 is 28.5 Å². The van der Waals surface area contributed by atoms with Crippen LogP contribution in [-0.2, 0) is 38.1 Å². The molecule has 0 spiro atoms. The zero-order chi connectivity index (χ0) is 35.5. The average Bonchev–Trinajstić information content (AvgIpc) is 3.56. The number of hydrogen-bond donors (Lipinski definition) is 1. The van der Waals surface area contributed by atoms with E-state index in [9.17, 15) is 24.3 Å². The molecule has 262 valence electrons. The normalized spacial score (nSPS) is 37.8. The number of carbonyl (C=O) groups is 4. The number of rotatable bonds is 6. The summed E-state index contributed by atoms with van der Waals surface area (Å²) in [5, 5.41) is 12.6. The molecule has 3 fully saturated rings. The topological polar surface area (TPSA) is 139 Å². The standard InChI is InChI=1S/C39H46O10/c1-22(40)46-28-20-29(48-30(42)14-13-24-11-9-8-10-12-24)39(7)26-15-17-37(5)27(19-31(43)49-35(37)25-16-18-45-21-25)38(26,6)34(44)32(47-23(2)41)33(39)36(28,3)4/h8-14,16,18-19,21,26,28-29,32-35,44H,15,17,20H2,1-7H3/t26-,28-,29-,32+,33-,34+,35+,37-,38+,39-/m0/s1. The number of aliphatic hydroxyl groups is 1.